The molecule has 2 aromatic carbocycles. The van der Waals surface area contributed by atoms with E-state index in [0.29, 0.717) is 5.56 Å². The van der Waals surface area contributed by atoms with Crippen molar-refractivity contribution in [3.8, 4) is 28.4 Å². The highest BCUT2D eigenvalue weighted by Gasteiger charge is 2.17. The molecule has 112 valence electrons. The van der Waals surface area contributed by atoms with Crippen LogP contribution in [0.5, 0.6) is 17.2 Å². The second-order valence-electron chi connectivity index (χ2n) is 5.20. The minimum Gasteiger partial charge on any atom is -0.508 e. The molecule has 3 heteroatoms. The van der Waals surface area contributed by atoms with Gasteiger partial charge in [-0.05, 0) is 41.5 Å². The van der Waals surface area contributed by atoms with Gasteiger partial charge in [0.05, 0.1) is 5.56 Å². The lowest BCUT2D eigenvalue weighted by Gasteiger charge is -2.17. The monoisotopic (exact) mass is 286 g/mol. The topological polar surface area (TPSA) is 60.7 Å². The largest absolute Gasteiger partial charge is 0.508 e. The third-order valence-corrected chi connectivity index (χ3v) is 3.90. The fraction of sp³-hybridized carbons (Fsp3) is 0.333. The molecule has 0 unspecified atom stereocenters. The van der Waals surface area contributed by atoms with Crippen LogP contribution in [-0.4, -0.2) is 15.3 Å². The quantitative estimate of drug-likeness (QED) is 0.791. The fourth-order valence-electron chi connectivity index (χ4n) is 2.83. The molecular weight excluding hydrogens is 264 g/mol. The molecule has 0 heterocycles. The zero-order chi connectivity index (χ0) is 15.6. The van der Waals surface area contributed by atoms with E-state index in [1.807, 2.05) is 6.07 Å². The molecule has 0 amide bonds. The van der Waals surface area contributed by atoms with E-state index in [0.717, 1.165) is 30.4 Å². The molecule has 0 aliphatic rings. The van der Waals surface area contributed by atoms with Crippen molar-refractivity contribution >= 4 is 0 Å². The van der Waals surface area contributed by atoms with Crippen LogP contribution in [0, 0.1) is 0 Å². The van der Waals surface area contributed by atoms with Crippen molar-refractivity contribution in [2.24, 2.45) is 0 Å². The summed E-state index contributed by atoms with van der Waals surface area (Å²) in [5.41, 5.74) is 4.79. The molecule has 0 bridgehead atoms. The van der Waals surface area contributed by atoms with Gasteiger partial charge in [0.2, 0.25) is 0 Å². The van der Waals surface area contributed by atoms with E-state index in [9.17, 15) is 15.3 Å². The molecule has 21 heavy (non-hydrogen) atoms. The van der Waals surface area contributed by atoms with E-state index in [1.54, 1.807) is 0 Å². The highest BCUT2D eigenvalue weighted by atomic mass is 16.3. The molecule has 0 aliphatic carbocycles. The Morgan fingerprint density at radius 3 is 1.86 bits per heavy atom. The Labute approximate surface area is 125 Å². The van der Waals surface area contributed by atoms with Crippen molar-refractivity contribution in [2.45, 2.75) is 40.0 Å². The van der Waals surface area contributed by atoms with Crippen LogP contribution in [0.4, 0.5) is 0 Å². The van der Waals surface area contributed by atoms with Gasteiger partial charge in [0.1, 0.15) is 17.2 Å². The van der Waals surface area contributed by atoms with Crippen LogP contribution in [0.2, 0.25) is 0 Å². The Morgan fingerprint density at radius 1 is 0.762 bits per heavy atom. The summed E-state index contributed by atoms with van der Waals surface area (Å²) in [4.78, 5) is 0. The fourth-order valence-corrected chi connectivity index (χ4v) is 2.83. The van der Waals surface area contributed by atoms with Gasteiger partial charge in [-0.15, -0.1) is 0 Å². The summed E-state index contributed by atoms with van der Waals surface area (Å²) < 4.78 is 0. The first-order chi connectivity index (χ1) is 10.0. The van der Waals surface area contributed by atoms with Crippen LogP contribution < -0.4 is 0 Å². The predicted octanol–water partition coefficient (Wildman–Crippen LogP) is 4.16. The summed E-state index contributed by atoms with van der Waals surface area (Å²) in [5.74, 6) is -0.343. The van der Waals surface area contributed by atoms with Crippen LogP contribution >= 0.6 is 0 Å². The first-order valence-corrected chi connectivity index (χ1v) is 7.41. The van der Waals surface area contributed by atoms with E-state index >= 15 is 0 Å². The van der Waals surface area contributed by atoms with Crippen molar-refractivity contribution in [3.05, 3.63) is 41.0 Å². The van der Waals surface area contributed by atoms with Crippen molar-refractivity contribution in [2.75, 3.05) is 0 Å². The lowest BCUT2D eigenvalue weighted by atomic mass is 9.89. The zero-order valence-electron chi connectivity index (χ0n) is 12.8. The van der Waals surface area contributed by atoms with E-state index in [4.69, 9.17) is 0 Å². The van der Waals surface area contributed by atoms with E-state index in [2.05, 4.69) is 26.8 Å². The van der Waals surface area contributed by atoms with Gasteiger partial charge in [0, 0.05) is 12.1 Å². The van der Waals surface area contributed by atoms with Crippen LogP contribution in [0.1, 0.15) is 37.5 Å². The molecule has 0 atom stereocenters. The van der Waals surface area contributed by atoms with Gasteiger partial charge in [-0.25, -0.2) is 0 Å². The van der Waals surface area contributed by atoms with Crippen molar-refractivity contribution in [1.29, 1.82) is 0 Å². The molecule has 3 N–H and O–H groups in total. The van der Waals surface area contributed by atoms with Gasteiger partial charge < -0.3 is 15.3 Å². The van der Waals surface area contributed by atoms with E-state index < -0.39 is 0 Å². The minimum absolute atomic E-state index is 0.0995. The standard InChI is InChI=1S/C18H22O3/c1-4-11-7-12(5-2)14(6-3)15(8-11)18-16(20)9-13(19)10-17(18)21/h7-10,19-21H,4-6H2,1-3H3. The van der Waals surface area contributed by atoms with Gasteiger partial charge in [-0.3, -0.25) is 0 Å². The first-order valence-electron chi connectivity index (χ1n) is 7.41. The highest BCUT2D eigenvalue weighted by Crippen LogP contribution is 2.43. The second-order valence-corrected chi connectivity index (χ2v) is 5.20. The number of phenolic OH excluding ortho intramolecular Hbond substituents is 3. The molecule has 0 spiro atoms. The molecule has 0 saturated carbocycles. The second kappa shape index (κ2) is 6.08. The summed E-state index contributed by atoms with van der Waals surface area (Å²) in [5, 5.41) is 29.8. The van der Waals surface area contributed by atoms with Crippen LogP contribution in [0.25, 0.3) is 11.1 Å². The van der Waals surface area contributed by atoms with E-state index in [1.165, 1.54) is 23.3 Å². The summed E-state index contributed by atoms with van der Waals surface area (Å²) in [7, 11) is 0. The highest BCUT2D eigenvalue weighted by molar-refractivity contribution is 5.81. The third-order valence-electron chi connectivity index (χ3n) is 3.90. The Bertz CT molecular complexity index is 637. The molecule has 0 aromatic heterocycles. The number of hydrogen-bond acceptors (Lipinski definition) is 3. The number of rotatable bonds is 4. The number of benzene rings is 2. The van der Waals surface area contributed by atoms with Crippen molar-refractivity contribution < 1.29 is 15.3 Å². The third kappa shape index (κ3) is 2.82. The molecule has 0 aliphatic heterocycles. The molecule has 3 nitrogen and oxygen atoms in total. The first kappa shape index (κ1) is 15.2. The minimum atomic E-state index is -0.144. The van der Waals surface area contributed by atoms with Crippen molar-refractivity contribution in [3.63, 3.8) is 0 Å². The van der Waals surface area contributed by atoms with Gasteiger partial charge in [-0.2, -0.15) is 0 Å². The average molecular weight is 286 g/mol. The van der Waals surface area contributed by atoms with Crippen LogP contribution in [-0.2, 0) is 19.3 Å². The Hall–Kier alpha value is -2.16. The number of phenols is 3. The number of hydrogen-bond donors (Lipinski definition) is 3. The number of aromatic hydroxyl groups is 3. The maximum Gasteiger partial charge on any atom is 0.130 e. The summed E-state index contributed by atoms with van der Waals surface area (Å²) in [6, 6.07) is 6.73. The zero-order valence-corrected chi connectivity index (χ0v) is 12.8. The SMILES string of the molecule is CCc1cc(CC)c(CC)c(-c2c(O)cc(O)cc2O)c1. The van der Waals surface area contributed by atoms with Gasteiger partial charge in [0.25, 0.3) is 0 Å². The molecule has 0 fully saturated rings. The predicted molar refractivity (Wildman–Crippen MR) is 85.0 cm³/mol. The molecule has 2 rings (SSSR count). The van der Waals surface area contributed by atoms with Gasteiger partial charge in [0.15, 0.2) is 0 Å². The smallest absolute Gasteiger partial charge is 0.130 e. The average Bonchev–Trinajstić information content (AvgIpc) is 2.45. The molecule has 0 saturated heterocycles. The Kier molecular flexibility index (Phi) is 4.41. The van der Waals surface area contributed by atoms with Gasteiger partial charge >= 0.3 is 0 Å². The number of aryl methyl sites for hydroxylation is 2. The van der Waals surface area contributed by atoms with E-state index in [-0.39, 0.29) is 17.2 Å². The maximum atomic E-state index is 10.2. The summed E-state index contributed by atoms with van der Waals surface area (Å²) >= 11 is 0. The van der Waals surface area contributed by atoms with Crippen LogP contribution in [0.3, 0.4) is 0 Å². The summed E-state index contributed by atoms with van der Waals surface area (Å²) in [6.45, 7) is 6.26. The molecule has 0 radical (unpaired) electrons. The van der Waals surface area contributed by atoms with Crippen molar-refractivity contribution in [1.82, 2.24) is 0 Å². The molecular formula is C18H22O3. The maximum absolute atomic E-state index is 10.2. The lowest BCUT2D eigenvalue weighted by molar-refractivity contribution is 0.430. The lowest BCUT2D eigenvalue weighted by Crippen LogP contribution is -1.98. The Balaban J connectivity index is 2.79. The normalized spacial score (nSPS) is 10.8. The Morgan fingerprint density at radius 2 is 1.38 bits per heavy atom. The van der Waals surface area contributed by atoms with Crippen LogP contribution in [0.15, 0.2) is 24.3 Å². The van der Waals surface area contributed by atoms with Gasteiger partial charge in [-0.1, -0.05) is 32.9 Å². The molecule has 2 aromatic rings. The summed E-state index contributed by atoms with van der Waals surface area (Å²) in [6.07, 6.45) is 2.62.